The molecule has 0 aliphatic carbocycles. The molecule has 3 rings (SSSR count). The van der Waals surface area contributed by atoms with Gasteiger partial charge in [0.25, 0.3) is 0 Å². The zero-order valence-corrected chi connectivity index (χ0v) is 17.4. The van der Waals surface area contributed by atoms with E-state index >= 15 is 0 Å². The molecule has 150 valence electrons. The summed E-state index contributed by atoms with van der Waals surface area (Å²) in [7, 11) is -3.64. The number of nitrogens with one attached hydrogen (secondary N) is 1. The van der Waals surface area contributed by atoms with E-state index in [1.807, 2.05) is 37.3 Å². The Morgan fingerprint density at radius 3 is 2.50 bits per heavy atom. The Balaban J connectivity index is 1.70. The molecule has 0 aromatic heterocycles. The Kier molecular flexibility index (Phi) is 6.75. The lowest BCUT2D eigenvalue weighted by Gasteiger charge is -2.32. The minimum Gasteiger partial charge on any atom is -0.349 e. The summed E-state index contributed by atoms with van der Waals surface area (Å²) in [5.41, 5.74) is 1.06. The number of amides is 1. The average molecular weight is 421 g/mol. The first-order valence-electron chi connectivity index (χ1n) is 9.53. The lowest BCUT2D eigenvalue weighted by atomic mass is 9.97. The molecule has 1 saturated heterocycles. The fourth-order valence-corrected chi connectivity index (χ4v) is 5.18. The van der Waals surface area contributed by atoms with E-state index in [2.05, 4.69) is 5.32 Å². The molecule has 0 bridgehead atoms. The van der Waals surface area contributed by atoms with Gasteiger partial charge in [-0.25, -0.2) is 8.42 Å². The average Bonchev–Trinajstić information content (AvgIpc) is 2.73. The van der Waals surface area contributed by atoms with Crippen LogP contribution in [0.3, 0.4) is 0 Å². The molecule has 5 nitrogen and oxygen atoms in total. The van der Waals surface area contributed by atoms with Gasteiger partial charge >= 0.3 is 0 Å². The highest BCUT2D eigenvalue weighted by Gasteiger charge is 2.33. The van der Waals surface area contributed by atoms with E-state index in [1.165, 1.54) is 16.4 Å². The molecule has 1 fully saturated rings. The number of hydrogen-bond donors (Lipinski definition) is 1. The van der Waals surface area contributed by atoms with Crippen molar-refractivity contribution in [3.8, 4) is 0 Å². The van der Waals surface area contributed by atoms with E-state index in [0.717, 1.165) is 12.0 Å². The zero-order chi connectivity index (χ0) is 20.1. The van der Waals surface area contributed by atoms with Crippen LogP contribution in [0.1, 0.15) is 37.8 Å². The number of nitrogens with zero attached hydrogens (tertiary/aromatic N) is 1. The molecule has 0 unspecified atom stereocenters. The van der Waals surface area contributed by atoms with E-state index in [9.17, 15) is 13.2 Å². The van der Waals surface area contributed by atoms with Crippen molar-refractivity contribution >= 4 is 27.5 Å². The lowest BCUT2D eigenvalue weighted by molar-refractivity contribution is -0.126. The van der Waals surface area contributed by atoms with Crippen molar-refractivity contribution in [1.29, 1.82) is 0 Å². The Hall–Kier alpha value is -1.89. The Bertz CT molecular complexity index is 901. The van der Waals surface area contributed by atoms with Crippen molar-refractivity contribution in [3.05, 3.63) is 65.2 Å². The first-order valence-corrected chi connectivity index (χ1v) is 11.3. The summed E-state index contributed by atoms with van der Waals surface area (Å²) in [5.74, 6) is -0.444. The molecule has 2 aromatic rings. The van der Waals surface area contributed by atoms with E-state index in [1.54, 1.807) is 12.1 Å². The van der Waals surface area contributed by atoms with E-state index in [0.29, 0.717) is 24.4 Å². The summed E-state index contributed by atoms with van der Waals surface area (Å²) in [6, 6.07) is 15.9. The van der Waals surface area contributed by atoms with Crippen LogP contribution in [0.2, 0.25) is 5.02 Å². The fourth-order valence-electron chi connectivity index (χ4n) is 3.53. The quantitative estimate of drug-likeness (QED) is 0.767. The topological polar surface area (TPSA) is 66.5 Å². The van der Waals surface area contributed by atoms with Crippen LogP contribution in [0.25, 0.3) is 0 Å². The summed E-state index contributed by atoms with van der Waals surface area (Å²) in [4.78, 5) is 13.0. The minimum atomic E-state index is -3.64. The molecule has 0 saturated carbocycles. The van der Waals surface area contributed by atoms with Crippen molar-refractivity contribution in [2.75, 3.05) is 13.1 Å². The second-order valence-corrected chi connectivity index (χ2v) is 9.41. The molecule has 7 heteroatoms. The van der Waals surface area contributed by atoms with Gasteiger partial charge in [-0.05, 0) is 49.1 Å². The molecule has 1 aliphatic rings. The molecular formula is C21H25ClN2O3S. The highest BCUT2D eigenvalue weighted by molar-refractivity contribution is 7.89. The van der Waals surface area contributed by atoms with Gasteiger partial charge < -0.3 is 5.32 Å². The Morgan fingerprint density at radius 2 is 1.86 bits per heavy atom. The number of sulfonamides is 1. The predicted molar refractivity (Wildman–Crippen MR) is 111 cm³/mol. The van der Waals surface area contributed by atoms with Crippen LogP contribution in [0.15, 0.2) is 59.5 Å². The molecule has 1 amide bonds. The van der Waals surface area contributed by atoms with E-state index < -0.39 is 10.0 Å². The maximum absolute atomic E-state index is 12.9. The van der Waals surface area contributed by atoms with E-state index in [-0.39, 0.29) is 29.3 Å². The third-order valence-electron chi connectivity index (χ3n) is 5.13. The van der Waals surface area contributed by atoms with Crippen LogP contribution < -0.4 is 5.32 Å². The number of carbonyl (C=O) groups is 1. The maximum atomic E-state index is 12.9. The molecule has 1 aliphatic heterocycles. The smallest absolute Gasteiger partial charge is 0.243 e. The molecule has 0 radical (unpaired) electrons. The van der Waals surface area contributed by atoms with Crippen LogP contribution in [0.4, 0.5) is 0 Å². The SMILES string of the molecule is CC[C@H](NC(=O)[C@H]1CCCN(S(=O)(=O)c2ccc(Cl)cc2)C1)c1ccccc1. The zero-order valence-electron chi connectivity index (χ0n) is 15.8. The summed E-state index contributed by atoms with van der Waals surface area (Å²) in [6.45, 7) is 2.64. The fraction of sp³-hybridized carbons (Fsp3) is 0.381. The number of piperidine rings is 1. The maximum Gasteiger partial charge on any atom is 0.243 e. The van der Waals surface area contributed by atoms with Crippen molar-refractivity contribution in [2.45, 2.75) is 37.1 Å². The molecule has 2 aromatic carbocycles. The highest BCUT2D eigenvalue weighted by Crippen LogP contribution is 2.26. The lowest BCUT2D eigenvalue weighted by Crippen LogP contribution is -2.46. The number of rotatable bonds is 6. The van der Waals surface area contributed by atoms with Crippen LogP contribution >= 0.6 is 11.6 Å². The predicted octanol–water partition coefficient (Wildman–Crippen LogP) is 4.01. The van der Waals surface area contributed by atoms with Crippen molar-refractivity contribution in [3.63, 3.8) is 0 Å². The molecule has 1 heterocycles. The molecule has 2 atom stereocenters. The Labute approximate surface area is 171 Å². The largest absolute Gasteiger partial charge is 0.349 e. The second kappa shape index (κ2) is 9.07. The third-order valence-corrected chi connectivity index (χ3v) is 7.26. The standard InChI is InChI=1S/C21H25ClN2O3S/c1-2-20(16-7-4-3-5-8-16)23-21(25)17-9-6-14-24(15-17)28(26,27)19-12-10-18(22)11-13-19/h3-5,7-8,10-13,17,20H,2,6,9,14-15H2,1H3,(H,23,25)/t17-,20-/m0/s1. The van der Waals surface area contributed by atoms with Gasteiger partial charge in [0.2, 0.25) is 15.9 Å². The van der Waals surface area contributed by atoms with Gasteiger partial charge in [-0.3, -0.25) is 4.79 Å². The van der Waals surface area contributed by atoms with Crippen LogP contribution in [-0.4, -0.2) is 31.7 Å². The number of hydrogen-bond acceptors (Lipinski definition) is 3. The van der Waals surface area contributed by atoms with Gasteiger partial charge in [0.15, 0.2) is 0 Å². The Morgan fingerprint density at radius 1 is 1.18 bits per heavy atom. The van der Waals surface area contributed by atoms with Crippen LogP contribution in [0.5, 0.6) is 0 Å². The third kappa shape index (κ3) is 4.74. The second-order valence-electron chi connectivity index (χ2n) is 7.04. The summed E-state index contributed by atoms with van der Waals surface area (Å²) < 4.78 is 27.2. The molecule has 0 spiro atoms. The first-order chi connectivity index (χ1) is 13.4. The highest BCUT2D eigenvalue weighted by atomic mass is 35.5. The summed E-state index contributed by atoms with van der Waals surface area (Å²) in [5, 5.41) is 3.58. The summed E-state index contributed by atoms with van der Waals surface area (Å²) >= 11 is 5.86. The number of benzene rings is 2. The molecule has 1 N–H and O–H groups in total. The molecule has 28 heavy (non-hydrogen) atoms. The number of halogens is 1. The van der Waals surface area contributed by atoms with Crippen molar-refractivity contribution in [2.24, 2.45) is 5.92 Å². The van der Waals surface area contributed by atoms with Gasteiger partial charge in [-0.2, -0.15) is 4.31 Å². The van der Waals surface area contributed by atoms with Gasteiger partial charge in [0.1, 0.15) is 0 Å². The molecular weight excluding hydrogens is 396 g/mol. The first kappa shape index (κ1) is 20.8. The monoisotopic (exact) mass is 420 g/mol. The van der Waals surface area contributed by atoms with Crippen molar-refractivity contribution in [1.82, 2.24) is 9.62 Å². The van der Waals surface area contributed by atoms with Gasteiger partial charge in [-0.1, -0.05) is 48.9 Å². The number of carbonyl (C=O) groups excluding carboxylic acids is 1. The van der Waals surface area contributed by atoms with E-state index in [4.69, 9.17) is 11.6 Å². The van der Waals surface area contributed by atoms with Gasteiger partial charge in [0.05, 0.1) is 16.9 Å². The van der Waals surface area contributed by atoms with Crippen LogP contribution in [0, 0.1) is 5.92 Å². The van der Waals surface area contributed by atoms with Gasteiger partial charge in [0, 0.05) is 18.1 Å². The summed E-state index contributed by atoms with van der Waals surface area (Å²) in [6.07, 6.45) is 2.12. The van der Waals surface area contributed by atoms with Crippen molar-refractivity contribution < 1.29 is 13.2 Å². The van der Waals surface area contributed by atoms with Crippen LogP contribution in [-0.2, 0) is 14.8 Å². The normalized spacial score (nSPS) is 19.1. The minimum absolute atomic E-state index is 0.0723. The van der Waals surface area contributed by atoms with Gasteiger partial charge in [-0.15, -0.1) is 0 Å².